The van der Waals surface area contributed by atoms with Gasteiger partial charge in [0.15, 0.2) is 0 Å². The van der Waals surface area contributed by atoms with Crippen molar-refractivity contribution in [2.75, 3.05) is 13.2 Å². The average Bonchev–Trinajstić information content (AvgIpc) is 2.84. The quantitative estimate of drug-likeness (QED) is 0.879. The third kappa shape index (κ3) is 2.87. The Morgan fingerprint density at radius 3 is 2.94 bits per heavy atom. The Kier molecular flexibility index (Phi) is 4.53. The van der Waals surface area contributed by atoms with Crippen LogP contribution in [0.25, 0.3) is 0 Å². The van der Waals surface area contributed by atoms with Crippen molar-refractivity contribution in [2.45, 2.75) is 38.3 Å². The molecule has 2 unspecified atom stereocenters. The van der Waals surface area contributed by atoms with Crippen molar-refractivity contribution in [3.63, 3.8) is 0 Å². The average molecular weight is 339 g/mol. The van der Waals surface area contributed by atoms with Gasteiger partial charge in [0.1, 0.15) is 0 Å². The summed E-state index contributed by atoms with van der Waals surface area (Å²) in [4.78, 5) is 1.24. The second-order valence-corrected chi connectivity index (χ2v) is 7.33. The van der Waals surface area contributed by atoms with Crippen molar-refractivity contribution in [2.24, 2.45) is 0 Å². The van der Waals surface area contributed by atoms with Gasteiger partial charge in [-0.2, -0.15) is 0 Å². The van der Waals surface area contributed by atoms with E-state index in [9.17, 15) is 0 Å². The Balaban J connectivity index is 2.28. The van der Waals surface area contributed by atoms with Gasteiger partial charge in [-0.1, -0.05) is 18.5 Å². The molecular formula is C12H17BrClNOS. The maximum absolute atomic E-state index is 6.12. The number of likely N-dealkylation sites (N-methyl/N-ethyl adjacent to an activating group) is 1. The number of thiophene rings is 1. The van der Waals surface area contributed by atoms with E-state index >= 15 is 0 Å². The summed E-state index contributed by atoms with van der Waals surface area (Å²) in [5.41, 5.74) is -0.108. The molecule has 2 nitrogen and oxygen atoms in total. The monoisotopic (exact) mass is 337 g/mol. The fraction of sp³-hybridized carbons (Fsp3) is 0.667. The molecule has 1 saturated heterocycles. The molecule has 0 radical (unpaired) electrons. The first kappa shape index (κ1) is 13.8. The van der Waals surface area contributed by atoms with Gasteiger partial charge in [0.05, 0.1) is 20.5 Å². The molecule has 96 valence electrons. The van der Waals surface area contributed by atoms with E-state index in [4.69, 9.17) is 16.3 Å². The Morgan fingerprint density at radius 1 is 1.71 bits per heavy atom. The van der Waals surface area contributed by atoms with E-state index in [0.29, 0.717) is 0 Å². The van der Waals surface area contributed by atoms with Crippen LogP contribution in [0.4, 0.5) is 0 Å². The predicted octanol–water partition coefficient (Wildman–Crippen LogP) is 4.38. The molecular weight excluding hydrogens is 322 g/mol. The van der Waals surface area contributed by atoms with Gasteiger partial charge in [0.25, 0.3) is 0 Å². The van der Waals surface area contributed by atoms with Gasteiger partial charge in [-0.3, -0.25) is 0 Å². The van der Waals surface area contributed by atoms with Gasteiger partial charge >= 0.3 is 0 Å². The van der Waals surface area contributed by atoms with Crippen molar-refractivity contribution < 1.29 is 4.74 Å². The number of hydrogen-bond acceptors (Lipinski definition) is 3. The van der Waals surface area contributed by atoms with E-state index in [1.165, 1.54) is 4.88 Å². The molecule has 0 amide bonds. The van der Waals surface area contributed by atoms with Crippen LogP contribution in [0.2, 0.25) is 5.02 Å². The van der Waals surface area contributed by atoms with Crippen LogP contribution in [0.15, 0.2) is 9.85 Å². The predicted molar refractivity (Wildman–Crippen MR) is 77.0 cm³/mol. The van der Waals surface area contributed by atoms with Gasteiger partial charge in [0, 0.05) is 11.5 Å². The molecule has 2 rings (SSSR count). The largest absolute Gasteiger partial charge is 0.373 e. The lowest BCUT2D eigenvalue weighted by atomic mass is 9.92. The van der Waals surface area contributed by atoms with Crippen molar-refractivity contribution in [1.29, 1.82) is 0 Å². The number of hydrogen-bond donors (Lipinski definition) is 1. The van der Waals surface area contributed by atoms with Crippen LogP contribution < -0.4 is 5.32 Å². The standard InChI is InChI=1S/C12H17BrClNOS/c1-3-15-10(12(2)5-4-6-16-12)9-7-8(14)11(13)17-9/h7,10,15H,3-6H2,1-2H3. The van der Waals surface area contributed by atoms with Crippen molar-refractivity contribution in [3.05, 3.63) is 19.8 Å². The zero-order valence-electron chi connectivity index (χ0n) is 10.1. The summed E-state index contributed by atoms with van der Waals surface area (Å²) in [5, 5.41) is 4.31. The van der Waals surface area contributed by atoms with Gasteiger partial charge in [0.2, 0.25) is 0 Å². The maximum atomic E-state index is 6.12. The van der Waals surface area contributed by atoms with Crippen LogP contribution in [0.5, 0.6) is 0 Å². The fourth-order valence-corrected chi connectivity index (χ4v) is 4.32. The van der Waals surface area contributed by atoms with E-state index in [2.05, 4.69) is 35.1 Å². The van der Waals surface area contributed by atoms with E-state index < -0.39 is 0 Å². The SMILES string of the molecule is CCNC(c1cc(Cl)c(Br)s1)C1(C)CCCO1. The highest BCUT2D eigenvalue weighted by molar-refractivity contribution is 9.11. The molecule has 1 fully saturated rings. The molecule has 2 atom stereocenters. The Hall–Kier alpha value is 0.390. The molecule has 0 aliphatic carbocycles. The highest BCUT2D eigenvalue weighted by atomic mass is 79.9. The zero-order valence-corrected chi connectivity index (χ0v) is 13.2. The molecule has 1 aromatic rings. The molecule has 1 aromatic heterocycles. The molecule has 0 spiro atoms. The summed E-state index contributed by atoms with van der Waals surface area (Å²) in [6, 6.07) is 2.26. The Bertz CT molecular complexity index is 370. The normalized spacial score (nSPS) is 26.4. The summed E-state index contributed by atoms with van der Waals surface area (Å²) in [7, 11) is 0. The lowest BCUT2D eigenvalue weighted by Crippen LogP contribution is -2.40. The smallest absolute Gasteiger partial charge is 0.0888 e. The third-order valence-corrected chi connectivity index (χ3v) is 5.76. The third-order valence-electron chi connectivity index (χ3n) is 3.22. The Labute approximate surface area is 120 Å². The number of nitrogens with one attached hydrogen (secondary N) is 1. The molecule has 0 saturated carbocycles. The maximum Gasteiger partial charge on any atom is 0.0888 e. The van der Waals surface area contributed by atoms with Gasteiger partial charge in [-0.25, -0.2) is 0 Å². The summed E-state index contributed by atoms with van der Waals surface area (Å²) >= 11 is 11.3. The molecule has 0 bridgehead atoms. The fourth-order valence-electron chi connectivity index (χ4n) is 2.36. The zero-order chi connectivity index (χ0) is 12.5. The first-order valence-corrected chi connectivity index (χ1v) is 7.87. The summed E-state index contributed by atoms with van der Waals surface area (Å²) in [5.74, 6) is 0. The highest BCUT2D eigenvalue weighted by Gasteiger charge is 2.39. The second kappa shape index (κ2) is 5.57. The van der Waals surface area contributed by atoms with Crippen LogP contribution in [0, 0.1) is 0 Å². The topological polar surface area (TPSA) is 21.3 Å². The molecule has 1 aliphatic rings. The van der Waals surface area contributed by atoms with Crippen LogP contribution in [-0.4, -0.2) is 18.8 Å². The summed E-state index contributed by atoms with van der Waals surface area (Å²) in [6.45, 7) is 6.10. The van der Waals surface area contributed by atoms with Crippen LogP contribution in [0.1, 0.15) is 37.6 Å². The van der Waals surface area contributed by atoms with E-state index in [0.717, 1.165) is 34.8 Å². The molecule has 5 heteroatoms. The Morgan fingerprint density at radius 2 is 2.47 bits per heavy atom. The van der Waals surface area contributed by atoms with Crippen molar-refractivity contribution in [1.82, 2.24) is 5.32 Å². The van der Waals surface area contributed by atoms with E-state index in [-0.39, 0.29) is 11.6 Å². The summed E-state index contributed by atoms with van der Waals surface area (Å²) < 4.78 is 6.94. The molecule has 1 N–H and O–H groups in total. The van der Waals surface area contributed by atoms with Gasteiger partial charge in [-0.05, 0) is 48.3 Å². The summed E-state index contributed by atoms with van der Waals surface area (Å²) in [6.07, 6.45) is 2.23. The first-order chi connectivity index (χ1) is 8.07. The van der Waals surface area contributed by atoms with Gasteiger partial charge < -0.3 is 10.1 Å². The van der Waals surface area contributed by atoms with Crippen LogP contribution in [-0.2, 0) is 4.74 Å². The minimum atomic E-state index is -0.108. The molecule has 1 aliphatic heterocycles. The van der Waals surface area contributed by atoms with E-state index in [1.54, 1.807) is 11.3 Å². The number of ether oxygens (including phenoxy) is 1. The minimum absolute atomic E-state index is 0.108. The molecule has 2 heterocycles. The lowest BCUT2D eigenvalue weighted by Gasteiger charge is -2.33. The highest BCUT2D eigenvalue weighted by Crippen LogP contribution is 2.43. The number of rotatable bonds is 4. The van der Waals surface area contributed by atoms with Crippen molar-refractivity contribution in [3.8, 4) is 0 Å². The first-order valence-electron chi connectivity index (χ1n) is 5.89. The number of halogens is 2. The van der Waals surface area contributed by atoms with Crippen molar-refractivity contribution >= 4 is 38.9 Å². The lowest BCUT2D eigenvalue weighted by molar-refractivity contribution is -0.0111. The van der Waals surface area contributed by atoms with Gasteiger partial charge in [-0.15, -0.1) is 11.3 Å². The van der Waals surface area contributed by atoms with E-state index in [1.807, 2.05) is 6.07 Å². The molecule has 0 aromatic carbocycles. The van der Waals surface area contributed by atoms with Crippen LogP contribution >= 0.6 is 38.9 Å². The minimum Gasteiger partial charge on any atom is -0.373 e. The molecule has 17 heavy (non-hydrogen) atoms. The second-order valence-electron chi connectivity index (χ2n) is 4.53. The van der Waals surface area contributed by atoms with Crippen LogP contribution in [0.3, 0.4) is 0 Å².